The van der Waals surface area contributed by atoms with Crippen molar-refractivity contribution in [1.29, 1.82) is 0 Å². The van der Waals surface area contributed by atoms with Crippen LogP contribution in [-0.2, 0) is 58.8 Å². The molecule has 3 rings (SSSR count). The van der Waals surface area contributed by atoms with E-state index >= 15 is 0 Å². The number of aliphatic hydroxyl groups excluding tert-OH is 1. The van der Waals surface area contributed by atoms with E-state index in [0.29, 0.717) is 17.9 Å². The smallest absolute Gasteiger partial charge is 0.346 e. The average Bonchev–Trinajstić information content (AvgIpc) is 3.31. The fraction of sp³-hybridized carbons (Fsp3) is 0.595. The van der Waals surface area contributed by atoms with Gasteiger partial charge in [0.15, 0.2) is 6.10 Å². The molecule has 14 nitrogen and oxygen atoms in total. The lowest BCUT2D eigenvalue weighted by Gasteiger charge is -2.49. The van der Waals surface area contributed by atoms with Gasteiger partial charge in [-0.25, -0.2) is 19.2 Å². The van der Waals surface area contributed by atoms with Gasteiger partial charge in [-0.2, -0.15) is 0 Å². The highest BCUT2D eigenvalue weighted by Gasteiger charge is 2.86. The molecule has 2 aliphatic rings. The van der Waals surface area contributed by atoms with Crippen LogP contribution in [-0.4, -0.2) is 101 Å². The van der Waals surface area contributed by atoms with Gasteiger partial charge in [0.25, 0.3) is 5.60 Å². The quantitative estimate of drug-likeness (QED) is 0.0918. The third-order valence-corrected chi connectivity index (χ3v) is 9.63. The number of aliphatic carboxylic acids is 1. The molecule has 51 heavy (non-hydrogen) atoms. The van der Waals surface area contributed by atoms with Gasteiger partial charge in [0.05, 0.1) is 14.2 Å². The summed E-state index contributed by atoms with van der Waals surface area (Å²) in [5.74, 6) is -9.43. The number of methoxy groups -OCH3 is 2. The Morgan fingerprint density at radius 2 is 1.67 bits per heavy atom. The van der Waals surface area contributed by atoms with Crippen LogP contribution in [0.15, 0.2) is 54.6 Å². The van der Waals surface area contributed by atoms with Crippen LogP contribution in [0, 0.1) is 17.8 Å². The number of esters is 4. The third kappa shape index (κ3) is 8.35. The van der Waals surface area contributed by atoms with Crippen LogP contribution in [0.3, 0.4) is 0 Å². The number of allylic oxidation sites excluding steroid dienone is 1. The highest BCUT2D eigenvalue weighted by molar-refractivity contribution is 5.99. The van der Waals surface area contributed by atoms with E-state index in [1.807, 2.05) is 58.0 Å². The predicted molar refractivity (Wildman–Crippen MR) is 180 cm³/mol. The van der Waals surface area contributed by atoms with E-state index in [0.717, 1.165) is 38.7 Å². The number of hydrogen-bond donors (Lipinski definition) is 3. The first-order valence-corrected chi connectivity index (χ1v) is 16.9. The average molecular weight is 719 g/mol. The lowest BCUT2D eigenvalue weighted by Crippen LogP contribution is -2.78. The molecular weight excluding hydrogens is 668 g/mol. The van der Waals surface area contributed by atoms with Crippen molar-refractivity contribution in [3.05, 3.63) is 60.2 Å². The molecule has 282 valence electrons. The maximum absolute atomic E-state index is 13.7. The van der Waals surface area contributed by atoms with Gasteiger partial charge in [-0.15, -0.1) is 0 Å². The molecule has 3 N–H and O–H groups in total. The van der Waals surface area contributed by atoms with E-state index in [4.69, 9.17) is 28.4 Å². The molecule has 2 saturated heterocycles. The summed E-state index contributed by atoms with van der Waals surface area (Å²) in [6.45, 7) is 13.1. The second-order valence-corrected chi connectivity index (χ2v) is 13.5. The summed E-state index contributed by atoms with van der Waals surface area (Å²) in [5.41, 5.74) is -5.47. The van der Waals surface area contributed by atoms with Gasteiger partial charge in [0, 0.05) is 25.3 Å². The van der Waals surface area contributed by atoms with Gasteiger partial charge in [-0.1, -0.05) is 77.1 Å². The number of rotatable bonds is 17. The lowest BCUT2D eigenvalue weighted by molar-refractivity contribution is -0.374. The lowest BCUT2D eigenvalue weighted by atomic mass is 9.74. The minimum Gasteiger partial charge on any atom is -0.479 e. The Labute approximate surface area is 297 Å². The summed E-state index contributed by atoms with van der Waals surface area (Å²) >= 11 is 0. The van der Waals surface area contributed by atoms with Crippen LogP contribution in [0.4, 0.5) is 0 Å². The zero-order valence-electron chi connectivity index (χ0n) is 30.2. The Kier molecular flexibility index (Phi) is 13.7. The van der Waals surface area contributed by atoms with Crippen LogP contribution in [0.1, 0.15) is 65.9 Å². The Morgan fingerprint density at radius 3 is 2.22 bits per heavy atom. The van der Waals surface area contributed by atoms with E-state index in [2.05, 4.69) is 6.58 Å². The summed E-state index contributed by atoms with van der Waals surface area (Å²) < 4.78 is 32.6. The molecule has 0 amide bonds. The Morgan fingerprint density at radius 1 is 1.04 bits per heavy atom. The van der Waals surface area contributed by atoms with Gasteiger partial charge in [-0.3, -0.25) is 4.79 Å². The number of benzene rings is 1. The molecule has 2 fully saturated rings. The van der Waals surface area contributed by atoms with Crippen molar-refractivity contribution in [2.45, 2.75) is 108 Å². The largest absolute Gasteiger partial charge is 0.479 e. The van der Waals surface area contributed by atoms with E-state index in [1.165, 1.54) is 6.92 Å². The maximum Gasteiger partial charge on any atom is 0.346 e. The number of carbonyl (C=O) groups excluding carboxylic acids is 4. The molecule has 2 heterocycles. The molecule has 1 aromatic carbocycles. The topological polar surface area (TPSA) is 201 Å². The van der Waals surface area contributed by atoms with E-state index in [1.54, 1.807) is 6.08 Å². The monoisotopic (exact) mass is 718 g/mol. The fourth-order valence-electron chi connectivity index (χ4n) is 6.86. The Bertz CT molecular complexity index is 1470. The molecule has 10 atom stereocenters. The molecular formula is C37H50O14. The Hall–Kier alpha value is -4.11. The summed E-state index contributed by atoms with van der Waals surface area (Å²) in [4.78, 5) is 65.1. The normalized spacial score (nSPS) is 29.3. The minimum absolute atomic E-state index is 0.0791. The number of aliphatic hydroxyl groups is 2. The molecule has 1 aromatic rings. The highest BCUT2D eigenvalue weighted by Crippen LogP contribution is 2.56. The molecule has 0 radical (unpaired) electrons. The van der Waals surface area contributed by atoms with E-state index < -0.39 is 77.7 Å². The fourth-order valence-corrected chi connectivity index (χ4v) is 6.86. The molecule has 2 aliphatic heterocycles. The number of hydrogen-bond acceptors (Lipinski definition) is 13. The first-order valence-electron chi connectivity index (χ1n) is 16.9. The van der Waals surface area contributed by atoms with Crippen molar-refractivity contribution in [3.63, 3.8) is 0 Å². The number of carboxylic acid groups (broad SMARTS) is 1. The summed E-state index contributed by atoms with van der Waals surface area (Å²) in [6.07, 6.45) is -3.79. The zero-order valence-corrected chi connectivity index (χ0v) is 30.2. The van der Waals surface area contributed by atoms with E-state index in [9.17, 15) is 39.3 Å². The molecule has 0 unspecified atom stereocenters. The van der Waals surface area contributed by atoms with Crippen LogP contribution in [0.25, 0.3) is 0 Å². The second kappa shape index (κ2) is 16.9. The summed E-state index contributed by atoms with van der Waals surface area (Å²) in [6, 6.07) is 9.41. The van der Waals surface area contributed by atoms with Gasteiger partial charge >= 0.3 is 29.8 Å². The second-order valence-electron chi connectivity index (χ2n) is 13.5. The number of fused-ring (bicyclic) bond motifs is 2. The van der Waals surface area contributed by atoms with Crippen molar-refractivity contribution < 1.29 is 67.7 Å². The first kappa shape index (κ1) is 41.3. The van der Waals surface area contributed by atoms with E-state index in [-0.39, 0.29) is 18.3 Å². The number of carbonyl (C=O) groups is 5. The SMILES string of the molecule is C=C(CC[C@@]12O[C@H](C(=O)O)[C@@](O)(C(=O)OC)[C@@](C(=O)OC)(O1)[C@H](OC(=O)/C=C/[C@@H](C)C[C@@H](C)CC)[C@H]2O)[C@@H](OC(C)=O)[C@H](C)Cc1ccccc1. The van der Waals surface area contributed by atoms with Crippen molar-refractivity contribution in [1.82, 2.24) is 0 Å². The first-order chi connectivity index (χ1) is 23.9. The minimum atomic E-state index is -3.54. The molecule has 0 spiro atoms. The van der Waals surface area contributed by atoms with Crippen molar-refractivity contribution in [2.24, 2.45) is 17.8 Å². The van der Waals surface area contributed by atoms with Crippen LogP contribution >= 0.6 is 0 Å². The van der Waals surface area contributed by atoms with Crippen molar-refractivity contribution in [3.8, 4) is 0 Å². The number of ether oxygens (including phenoxy) is 6. The van der Waals surface area contributed by atoms with Gasteiger partial charge < -0.3 is 43.7 Å². The standard InChI is InChI=1S/C37H50O14/c1-9-21(2)19-22(3)15-16-27(39)49-30-29(40)35(18-17-23(4)28(48-25(6)38)24(5)20-26-13-11-10-12-14-26)50-31(32(41)42)36(45,33(43)46-7)37(30,51-35)34(44)47-8/h10-16,21-22,24,28-31,40,45H,4,9,17-20H2,1-3,5-8H3,(H,41,42)/b16-15+/t21-,22+,24+,28+,29+,30+,31+,35+,36+,37+/m0/s1. The Balaban J connectivity index is 2.08. The maximum atomic E-state index is 13.7. The zero-order chi connectivity index (χ0) is 38.3. The van der Waals surface area contributed by atoms with Gasteiger partial charge in [-0.05, 0) is 42.2 Å². The predicted octanol–water partition coefficient (Wildman–Crippen LogP) is 3.06. The summed E-state index contributed by atoms with van der Waals surface area (Å²) in [7, 11) is 1.68. The van der Waals surface area contributed by atoms with Gasteiger partial charge in [0.2, 0.25) is 17.5 Å². The summed E-state index contributed by atoms with van der Waals surface area (Å²) in [5, 5.41) is 34.1. The van der Waals surface area contributed by atoms with Crippen LogP contribution in [0.5, 0.6) is 0 Å². The molecule has 0 aliphatic carbocycles. The molecule has 14 heteroatoms. The third-order valence-electron chi connectivity index (χ3n) is 9.63. The molecule has 0 aromatic heterocycles. The van der Waals surface area contributed by atoms with Crippen molar-refractivity contribution in [2.75, 3.05) is 14.2 Å². The van der Waals surface area contributed by atoms with Crippen LogP contribution < -0.4 is 0 Å². The van der Waals surface area contributed by atoms with Crippen molar-refractivity contribution >= 4 is 29.8 Å². The number of carboxylic acids is 1. The molecule has 0 saturated carbocycles. The van der Waals surface area contributed by atoms with Gasteiger partial charge in [0.1, 0.15) is 12.2 Å². The van der Waals surface area contributed by atoms with Crippen LogP contribution in [0.2, 0.25) is 0 Å². The highest BCUT2D eigenvalue weighted by atomic mass is 16.8. The molecule has 2 bridgehead atoms.